The summed E-state index contributed by atoms with van der Waals surface area (Å²) >= 11 is 0. The van der Waals surface area contributed by atoms with E-state index < -0.39 is 0 Å². The van der Waals surface area contributed by atoms with E-state index in [1.165, 1.54) is 25.8 Å². The normalized spacial score (nSPS) is 45.0. The quantitative estimate of drug-likeness (QED) is 0.490. The first-order chi connectivity index (χ1) is 3.95. The van der Waals surface area contributed by atoms with E-state index in [0.717, 1.165) is 12.0 Å². The van der Waals surface area contributed by atoms with E-state index in [-0.39, 0.29) is 0 Å². The lowest BCUT2D eigenvalue weighted by Gasteiger charge is -2.15. The lowest BCUT2D eigenvalue weighted by molar-refractivity contribution is 0.479. The number of hydrogen-bond acceptors (Lipinski definition) is 1. The minimum Gasteiger partial charge on any atom is -0.314 e. The Morgan fingerprint density at radius 3 is 3.12 bits per heavy atom. The molecule has 2 unspecified atom stereocenters. The van der Waals surface area contributed by atoms with Crippen LogP contribution >= 0.6 is 0 Å². The zero-order chi connectivity index (χ0) is 5.40. The molecule has 1 heterocycles. The van der Waals surface area contributed by atoms with E-state index in [1.807, 2.05) is 0 Å². The van der Waals surface area contributed by atoms with Gasteiger partial charge in [0.25, 0.3) is 0 Å². The van der Waals surface area contributed by atoms with Gasteiger partial charge in [-0.3, -0.25) is 0 Å². The minimum atomic E-state index is 0.855. The third-order valence-electron chi connectivity index (χ3n) is 2.26. The Balaban J connectivity index is 2.03. The van der Waals surface area contributed by atoms with Crippen LogP contribution in [0.5, 0.6) is 0 Å². The molecule has 0 spiro atoms. The lowest BCUT2D eigenvalue weighted by atomic mass is 9.91. The van der Waals surface area contributed by atoms with Crippen molar-refractivity contribution < 1.29 is 0 Å². The average Bonchev–Trinajstić information content (AvgIpc) is 2.12. The van der Waals surface area contributed by atoms with Crippen molar-refractivity contribution in [3.8, 4) is 0 Å². The predicted octanol–water partition coefficient (Wildman–Crippen LogP) is 0.963. The van der Waals surface area contributed by atoms with Crippen molar-refractivity contribution in [1.29, 1.82) is 0 Å². The molecule has 1 N–H and O–H groups in total. The molecule has 0 aromatic rings. The molecule has 2 rings (SSSR count). The highest BCUT2D eigenvalue weighted by atomic mass is 15.0. The van der Waals surface area contributed by atoms with Crippen molar-refractivity contribution in [2.45, 2.75) is 25.3 Å². The number of fused-ring (bicyclic) bond motifs is 2. The maximum Gasteiger partial charge on any atom is 0.00730 e. The Bertz CT molecular complexity index is 76.4. The van der Waals surface area contributed by atoms with E-state index in [9.17, 15) is 0 Å². The van der Waals surface area contributed by atoms with Gasteiger partial charge in [-0.15, -0.1) is 0 Å². The minimum absolute atomic E-state index is 0.855. The molecule has 1 radical (unpaired) electrons. The van der Waals surface area contributed by atoms with E-state index in [2.05, 4.69) is 11.7 Å². The average molecular weight is 110 g/mol. The van der Waals surface area contributed by atoms with Crippen molar-refractivity contribution in [3.05, 3.63) is 6.42 Å². The highest BCUT2D eigenvalue weighted by molar-refractivity contribution is 4.93. The lowest BCUT2D eigenvalue weighted by Crippen LogP contribution is -2.20. The van der Waals surface area contributed by atoms with E-state index in [0.29, 0.717) is 0 Å². The maximum atomic E-state index is 3.49. The smallest absolute Gasteiger partial charge is 0.00730 e. The topological polar surface area (TPSA) is 12.0 Å². The van der Waals surface area contributed by atoms with Crippen LogP contribution in [0.4, 0.5) is 0 Å². The maximum absolute atomic E-state index is 3.49. The molecule has 1 aliphatic carbocycles. The van der Waals surface area contributed by atoms with Crippen LogP contribution in [0.3, 0.4) is 0 Å². The van der Waals surface area contributed by atoms with E-state index >= 15 is 0 Å². The molecule has 2 aliphatic rings. The van der Waals surface area contributed by atoms with Crippen molar-refractivity contribution >= 4 is 0 Å². The van der Waals surface area contributed by atoms with Crippen LogP contribution in [-0.4, -0.2) is 12.6 Å². The molecule has 2 fully saturated rings. The van der Waals surface area contributed by atoms with Gasteiger partial charge < -0.3 is 5.32 Å². The van der Waals surface area contributed by atoms with Crippen molar-refractivity contribution in [3.63, 3.8) is 0 Å². The Labute approximate surface area is 50.5 Å². The van der Waals surface area contributed by atoms with Gasteiger partial charge in [0.2, 0.25) is 0 Å². The van der Waals surface area contributed by atoms with Gasteiger partial charge in [0.15, 0.2) is 0 Å². The van der Waals surface area contributed by atoms with Crippen molar-refractivity contribution in [1.82, 2.24) is 5.32 Å². The Kier molecular flexibility index (Phi) is 1.04. The SMILES string of the molecule is [CH]1CC2CNC(C1)C2. The fourth-order valence-corrected chi connectivity index (χ4v) is 1.79. The van der Waals surface area contributed by atoms with Gasteiger partial charge in [-0.05, 0) is 38.1 Å². The molecule has 0 aromatic heterocycles. The summed E-state index contributed by atoms with van der Waals surface area (Å²) in [5.41, 5.74) is 0. The Morgan fingerprint density at radius 1 is 1.38 bits per heavy atom. The van der Waals surface area contributed by atoms with Crippen LogP contribution in [-0.2, 0) is 0 Å². The number of hydrogen-bond donors (Lipinski definition) is 1. The van der Waals surface area contributed by atoms with Crippen LogP contribution in [0.25, 0.3) is 0 Å². The van der Waals surface area contributed by atoms with Crippen LogP contribution in [0, 0.1) is 12.3 Å². The molecule has 1 nitrogen and oxygen atoms in total. The largest absolute Gasteiger partial charge is 0.314 e. The monoisotopic (exact) mass is 110 g/mol. The van der Waals surface area contributed by atoms with Crippen LogP contribution in [0.15, 0.2) is 0 Å². The van der Waals surface area contributed by atoms with E-state index in [4.69, 9.17) is 0 Å². The Hall–Kier alpha value is -0.0400. The van der Waals surface area contributed by atoms with Crippen LogP contribution in [0.2, 0.25) is 0 Å². The zero-order valence-corrected chi connectivity index (χ0v) is 5.06. The van der Waals surface area contributed by atoms with E-state index in [1.54, 1.807) is 0 Å². The van der Waals surface area contributed by atoms with Gasteiger partial charge in [-0.1, -0.05) is 0 Å². The summed E-state index contributed by atoms with van der Waals surface area (Å²) in [5.74, 6) is 0.994. The molecular formula is C7H12N. The van der Waals surface area contributed by atoms with Gasteiger partial charge in [-0.2, -0.15) is 0 Å². The highest BCUT2D eigenvalue weighted by Crippen LogP contribution is 2.27. The molecule has 1 saturated heterocycles. The zero-order valence-electron chi connectivity index (χ0n) is 5.06. The summed E-state index contributed by atoms with van der Waals surface area (Å²) in [5, 5.41) is 3.49. The fraction of sp³-hybridized carbons (Fsp3) is 0.857. The van der Waals surface area contributed by atoms with Gasteiger partial charge in [0, 0.05) is 6.04 Å². The molecule has 0 amide bonds. The van der Waals surface area contributed by atoms with Crippen LogP contribution < -0.4 is 5.32 Å². The van der Waals surface area contributed by atoms with Gasteiger partial charge >= 0.3 is 0 Å². The molecular weight excluding hydrogens is 98.1 g/mol. The third kappa shape index (κ3) is 0.655. The number of rotatable bonds is 0. The summed E-state index contributed by atoms with van der Waals surface area (Å²) in [6.45, 7) is 1.28. The summed E-state index contributed by atoms with van der Waals surface area (Å²) < 4.78 is 0. The molecule has 8 heavy (non-hydrogen) atoms. The van der Waals surface area contributed by atoms with Crippen LogP contribution in [0.1, 0.15) is 19.3 Å². The summed E-state index contributed by atoms with van der Waals surface area (Å²) in [6, 6.07) is 0.855. The second-order valence-electron chi connectivity index (χ2n) is 2.97. The molecule has 2 atom stereocenters. The molecule has 2 bridgehead atoms. The first kappa shape index (κ1) is 4.80. The fourth-order valence-electron chi connectivity index (χ4n) is 1.79. The first-order valence-electron chi connectivity index (χ1n) is 3.50. The molecule has 1 aliphatic heterocycles. The highest BCUT2D eigenvalue weighted by Gasteiger charge is 2.27. The standard InChI is InChI=1S/C7H12N/c1-2-6-4-7(3-1)8-5-6/h1,6-8H,2-5H2. The summed E-state index contributed by atoms with van der Waals surface area (Å²) in [6.07, 6.45) is 6.55. The predicted molar refractivity (Wildman–Crippen MR) is 33.4 cm³/mol. The van der Waals surface area contributed by atoms with Crippen molar-refractivity contribution in [2.24, 2.45) is 5.92 Å². The van der Waals surface area contributed by atoms with Crippen molar-refractivity contribution in [2.75, 3.05) is 6.54 Å². The number of nitrogens with one attached hydrogen (secondary N) is 1. The molecule has 45 valence electrons. The summed E-state index contributed by atoms with van der Waals surface area (Å²) in [7, 11) is 0. The third-order valence-corrected chi connectivity index (χ3v) is 2.26. The molecule has 1 heteroatoms. The molecule has 1 saturated carbocycles. The Morgan fingerprint density at radius 2 is 2.38 bits per heavy atom. The van der Waals surface area contributed by atoms with Gasteiger partial charge in [0.1, 0.15) is 0 Å². The summed E-state index contributed by atoms with van der Waals surface area (Å²) in [4.78, 5) is 0. The van der Waals surface area contributed by atoms with Gasteiger partial charge in [0.05, 0.1) is 0 Å². The second-order valence-corrected chi connectivity index (χ2v) is 2.97. The second kappa shape index (κ2) is 1.73. The first-order valence-corrected chi connectivity index (χ1v) is 3.50. The molecule has 0 aromatic carbocycles. The van der Waals surface area contributed by atoms with Gasteiger partial charge in [-0.25, -0.2) is 0 Å².